The summed E-state index contributed by atoms with van der Waals surface area (Å²) in [6.07, 6.45) is 2.33. The maximum atomic E-state index is 10.2. The van der Waals surface area contributed by atoms with Crippen molar-refractivity contribution in [2.75, 3.05) is 0 Å². The van der Waals surface area contributed by atoms with Crippen LogP contribution in [0.4, 0.5) is 0 Å². The van der Waals surface area contributed by atoms with Gasteiger partial charge in [0, 0.05) is 22.9 Å². The maximum Gasteiger partial charge on any atom is 0.109 e. The van der Waals surface area contributed by atoms with Crippen molar-refractivity contribution in [3.8, 4) is 11.3 Å². The van der Waals surface area contributed by atoms with E-state index in [-0.39, 0.29) is 0 Å². The van der Waals surface area contributed by atoms with Crippen LogP contribution in [0.15, 0.2) is 41.8 Å². The van der Waals surface area contributed by atoms with Crippen LogP contribution in [0.5, 0.6) is 0 Å². The Morgan fingerprint density at radius 1 is 1.22 bits per heavy atom. The van der Waals surface area contributed by atoms with E-state index in [1.54, 1.807) is 30.6 Å². The van der Waals surface area contributed by atoms with E-state index in [4.69, 9.17) is 5.53 Å². The number of nitrogens with zero attached hydrogens (tertiary/aromatic N) is 5. The van der Waals surface area contributed by atoms with Gasteiger partial charge in [-0.3, -0.25) is 9.97 Å². The van der Waals surface area contributed by atoms with Crippen molar-refractivity contribution in [2.24, 2.45) is 5.11 Å². The van der Waals surface area contributed by atoms with Crippen molar-refractivity contribution < 1.29 is 5.11 Å². The molecule has 88 valence electrons. The third kappa shape index (κ3) is 1.44. The molecule has 0 saturated carbocycles. The Bertz CT molecular complexity index is 650. The van der Waals surface area contributed by atoms with Gasteiger partial charge in [-0.25, -0.2) is 0 Å². The zero-order valence-electron chi connectivity index (χ0n) is 9.30. The number of hydrogen-bond acceptors (Lipinski definition) is 4. The molecule has 0 bridgehead atoms. The average Bonchev–Trinajstić information content (AvgIpc) is 2.43. The summed E-state index contributed by atoms with van der Waals surface area (Å²) in [6, 6.07) is 6.52. The van der Waals surface area contributed by atoms with E-state index in [1.807, 2.05) is 6.07 Å². The van der Waals surface area contributed by atoms with E-state index in [0.29, 0.717) is 11.4 Å². The molecule has 0 fully saturated rings. The monoisotopic (exact) mass is 239 g/mol. The highest BCUT2D eigenvalue weighted by Gasteiger charge is 2.33. The second kappa shape index (κ2) is 4.10. The molecule has 1 unspecified atom stereocenters. The van der Waals surface area contributed by atoms with Gasteiger partial charge in [0.05, 0.1) is 17.4 Å². The molecule has 3 rings (SSSR count). The molecule has 1 aliphatic carbocycles. The van der Waals surface area contributed by atoms with Gasteiger partial charge in [-0.2, -0.15) is 0 Å². The molecule has 0 aliphatic heterocycles. The van der Waals surface area contributed by atoms with Crippen molar-refractivity contribution >= 4 is 0 Å². The fraction of sp³-hybridized carbons (Fsp3) is 0.167. The van der Waals surface area contributed by atoms with Crippen molar-refractivity contribution in [3.05, 3.63) is 58.4 Å². The SMILES string of the molecule is [N-]=[N+]=NC1c2cccnc2-c2cccnc2[C@H]1O. The Labute approximate surface area is 103 Å². The number of aromatic nitrogens is 2. The summed E-state index contributed by atoms with van der Waals surface area (Å²) in [4.78, 5) is 11.2. The Morgan fingerprint density at radius 3 is 2.83 bits per heavy atom. The van der Waals surface area contributed by atoms with Crippen molar-refractivity contribution in [1.29, 1.82) is 0 Å². The van der Waals surface area contributed by atoms with Crippen LogP contribution < -0.4 is 0 Å². The van der Waals surface area contributed by atoms with Crippen LogP contribution in [-0.2, 0) is 0 Å². The lowest BCUT2D eigenvalue weighted by atomic mass is 9.87. The van der Waals surface area contributed by atoms with Gasteiger partial charge in [-0.05, 0) is 29.3 Å². The molecule has 18 heavy (non-hydrogen) atoms. The summed E-state index contributed by atoms with van der Waals surface area (Å²) in [6.45, 7) is 0. The lowest BCUT2D eigenvalue weighted by molar-refractivity contribution is 0.141. The Kier molecular flexibility index (Phi) is 2.44. The van der Waals surface area contributed by atoms with E-state index >= 15 is 0 Å². The first-order valence-electron chi connectivity index (χ1n) is 5.45. The summed E-state index contributed by atoms with van der Waals surface area (Å²) in [5, 5.41) is 13.9. The molecule has 2 atom stereocenters. The number of azide groups is 1. The van der Waals surface area contributed by atoms with Gasteiger partial charge in [0.25, 0.3) is 0 Å². The number of fused-ring (bicyclic) bond motifs is 3. The largest absolute Gasteiger partial charge is 0.386 e. The highest BCUT2D eigenvalue weighted by atomic mass is 16.3. The standard InChI is InChI=1S/C12H9N5O/c13-17-16-11-8-4-2-5-14-9(8)7-3-1-6-15-10(7)12(11)18/h1-6,11-12,18H/t11?,12-/m1/s1. The summed E-state index contributed by atoms with van der Waals surface area (Å²) in [5.74, 6) is 0. The molecule has 0 aromatic carbocycles. The molecule has 0 radical (unpaired) electrons. The number of aliphatic hydroxyl groups excluding tert-OH is 1. The fourth-order valence-corrected chi connectivity index (χ4v) is 2.24. The highest BCUT2D eigenvalue weighted by Crippen LogP contribution is 2.44. The minimum Gasteiger partial charge on any atom is -0.386 e. The first kappa shape index (κ1) is 10.7. The number of aliphatic hydroxyl groups is 1. The zero-order chi connectivity index (χ0) is 12.5. The molecule has 6 heteroatoms. The lowest BCUT2D eigenvalue weighted by Gasteiger charge is -2.27. The predicted octanol–water partition coefficient (Wildman–Crippen LogP) is 2.54. The lowest BCUT2D eigenvalue weighted by Crippen LogP contribution is -2.17. The predicted molar refractivity (Wildman–Crippen MR) is 64.3 cm³/mol. The first-order chi connectivity index (χ1) is 8.83. The molecule has 2 aromatic rings. The smallest absolute Gasteiger partial charge is 0.109 e. The third-order valence-electron chi connectivity index (χ3n) is 3.01. The van der Waals surface area contributed by atoms with E-state index in [0.717, 1.165) is 11.1 Å². The third-order valence-corrected chi connectivity index (χ3v) is 3.01. The minimum absolute atomic E-state index is 0.501. The molecule has 2 heterocycles. The summed E-state index contributed by atoms with van der Waals surface area (Å²) < 4.78 is 0. The van der Waals surface area contributed by atoms with Crippen LogP contribution in [0.2, 0.25) is 0 Å². The molecule has 6 nitrogen and oxygen atoms in total. The van der Waals surface area contributed by atoms with Gasteiger partial charge >= 0.3 is 0 Å². The van der Waals surface area contributed by atoms with Crippen LogP contribution in [0.1, 0.15) is 23.4 Å². The Hall–Kier alpha value is -2.43. The Morgan fingerprint density at radius 2 is 2.00 bits per heavy atom. The number of rotatable bonds is 1. The highest BCUT2D eigenvalue weighted by molar-refractivity contribution is 5.69. The number of hydrogen-bond donors (Lipinski definition) is 1. The quantitative estimate of drug-likeness (QED) is 0.470. The summed E-state index contributed by atoms with van der Waals surface area (Å²) >= 11 is 0. The molecule has 0 spiro atoms. The van der Waals surface area contributed by atoms with Crippen LogP contribution in [0.25, 0.3) is 21.7 Å². The van der Waals surface area contributed by atoms with Gasteiger partial charge in [-0.15, -0.1) is 0 Å². The fourth-order valence-electron chi connectivity index (χ4n) is 2.24. The molecular weight excluding hydrogens is 230 g/mol. The Balaban J connectivity index is 2.31. The average molecular weight is 239 g/mol. The maximum absolute atomic E-state index is 10.2. The van der Waals surface area contributed by atoms with Gasteiger partial charge in [0.1, 0.15) is 6.10 Å². The van der Waals surface area contributed by atoms with Gasteiger partial charge < -0.3 is 5.11 Å². The summed E-state index contributed by atoms with van der Waals surface area (Å²) in [5.41, 5.74) is 11.3. The molecule has 1 aliphatic rings. The van der Waals surface area contributed by atoms with E-state index < -0.39 is 12.1 Å². The zero-order valence-corrected chi connectivity index (χ0v) is 9.30. The second-order valence-electron chi connectivity index (χ2n) is 3.97. The first-order valence-corrected chi connectivity index (χ1v) is 5.45. The van der Waals surface area contributed by atoms with Gasteiger partial charge in [-0.1, -0.05) is 11.2 Å². The van der Waals surface area contributed by atoms with Crippen molar-refractivity contribution in [3.63, 3.8) is 0 Å². The molecule has 0 saturated heterocycles. The second-order valence-corrected chi connectivity index (χ2v) is 3.97. The van der Waals surface area contributed by atoms with Crippen LogP contribution >= 0.6 is 0 Å². The van der Waals surface area contributed by atoms with Crippen molar-refractivity contribution in [1.82, 2.24) is 9.97 Å². The molecule has 2 aromatic heterocycles. The van der Waals surface area contributed by atoms with Gasteiger partial charge in [0.2, 0.25) is 0 Å². The van der Waals surface area contributed by atoms with Crippen LogP contribution in [-0.4, -0.2) is 15.1 Å². The van der Waals surface area contributed by atoms with E-state index in [1.165, 1.54) is 0 Å². The van der Waals surface area contributed by atoms with Crippen LogP contribution in [0.3, 0.4) is 0 Å². The van der Waals surface area contributed by atoms with Gasteiger partial charge in [0.15, 0.2) is 0 Å². The van der Waals surface area contributed by atoms with E-state index in [9.17, 15) is 5.11 Å². The topological polar surface area (TPSA) is 94.8 Å². The molecule has 1 N–H and O–H groups in total. The van der Waals surface area contributed by atoms with E-state index in [2.05, 4.69) is 20.0 Å². The molecular formula is C12H9N5O. The minimum atomic E-state index is -0.936. The van der Waals surface area contributed by atoms with Crippen LogP contribution in [0, 0.1) is 0 Å². The number of pyridine rings is 2. The van der Waals surface area contributed by atoms with Crippen molar-refractivity contribution in [2.45, 2.75) is 12.1 Å². The normalized spacial score (nSPS) is 20.5. The summed E-state index contributed by atoms with van der Waals surface area (Å²) in [7, 11) is 0. The molecule has 0 amide bonds.